The minimum absolute atomic E-state index is 0.0599. The average Bonchev–Trinajstić information content (AvgIpc) is 2.74. The molecular formula is C10H10ClN3OS. The van der Waals surface area contributed by atoms with E-state index in [0.717, 1.165) is 10.7 Å². The molecule has 6 heteroatoms. The van der Waals surface area contributed by atoms with Crippen molar-refractivity contribution >= 4 is 28.7 Å². The van der Waals surface area contributed by atoms with Crippen molar-refractivity contribution in [1.82, 2.24) is 14.8 Å². The molecular weight excluding hydrogens is 246 g/mol. The minimum atomic E-state index is -0.0599. The maximum atomic E-state index is 11.9. The average molecular weight is 256 g/mol. The van der Waals surface area contributed by atoms with Crippen LogP contribution in [0.5, 0.6) is 0 Å². The van der Waals surface area contributed by atoms with Gasteiger partial charge >= 0.3 is 0 Å². The van der Waals surface area contributed by atoms with Gasteiger partial charge in [0.1, 0.15) is 5.69 Å². The number of halogens is 1. The first-order chi connectivity index (χ1) is 7.58. The first-order valence-corrected chi connectivity index (χ1v) is 5.95. The Labute approximate surface area is 102 Å². The summed E-state index contributed by atoms with van der Waals surface area (Å²) in [6.07, 6.45) is 1.74. The Kier molecular flexibility index (Phi) is 3.07. The molecule has 0 aliphatic heterocycles. The number of hydrogen-bond donors (Lipinski definition) is 0. The van der Waals surface area contributed by atoms with Crippen LogP contribution < -0.4 is 0 Å². The molecule has 0 bridgehead atoms. The smallest absolute Gasteiger partial charge is 0.188 e. The van der Waals surface area contributed by atoms with Crippen LogP contribution in [0.25, 0.3) is 0 Å². The first-order valence-electron chi connectivity index (χ1n) is 4.69. The number of rotatable bonds is 3. The summed E-state index contributed by atoms with van der Waals surface area (Å²) in [5.41, 5.74) is 1.22. The highest BCUT2D eigenvalue weighted by Crippen LogP contribution is 2.17. The van der Waals surface area contributed by atoms with Gasteiger partial charge in [0.05, 0.1) is 28.3 Å². The summed E-state index contributed by atoms with van der Waals surface area (Å²) in [6, 6.07) is 0. The molecule has 0 fully saturated rings. The van der Waals surface area contributed by atoms with Crippen molar-refractivity contribution in [3.8, 4) is 0 Å². The Hall–Kier alpha value is -1.20. The Morgan fingerprint density at radius 1 is 1.62 bits per heavy atom. The van der Waals surface area contributed by atoms with Crippen molar-refractivity contribution in [2.24, 2.45) is 7.05 Å². The van der Waals surface area contributed by atoms with Gasteiger partial charge in [-0.1, -0.05) is 11.6 Å². The second-order valence-electron chi connectivity index (χ2n) is 3.42. The molecule has 0 unspecified atom stereocenters. The van der Waals surface area contributed by atoms with Gasteiger partial charge in [-0.05, 0) is 6.92 Å². The predicted molar refractivity (Wildman–Crippen MR) is 63.1 cm³/mol. The first kappa shape index (κ1) is 11.3. The van der Waals surface area contributed by atoms with Crippen molar-refractivity contribution < 1.29 is 4.79 Å². The molecule has 2 heterocycles. The van der Waals surface area contributed by atoms with E-state index in [9.17, 15) is 4.79 Å². The van der Waals surface area contributed by atoms with E-state index in [1.807, 2.05) is 12.3 Å². The number of nitrogens with zero attached hydrogens (tertiary/aromatic N) is 3. The topological polar surface area (TPSA) is 47.8 Å². The SMILES string of the molecule is Cc1nc(CC(=O)c2c(Cl)cnn2C)cs1. The van der Waals surface area contributed by atoms with Gasteiger partial charge in [-0.2, -0.15) is 5.10 Å². The number of hydrogen-bond acceptors (Lipinski definition) is 4. The van der Waals surface area contributed by atoms with Gasteiger partial charge in [0.25, 0.3) is 0 Å². The number of aryl methyl sites for hydroxylation is 2. The van der Waals surface area contributed by atoms with Gasteiger partial charge in [-0.3, -0.25) is 9.48 Å². The number of thiazole rings is 1. The van der Waals surface area contributed by atoms with Gasteiger partial charge in [0.2, 0.25) is 0 Å². The number of carbonyl (C=O) groups is 1. The second-order valence-corrected chi connectivity index (χ2v) is 4.89. The van der Waals surface area contributed by atoms with Crippen molar-refractivity contribution in [3.05, 3.63) is 33.0 Å². The Morgan fingerprint density at radius 2 is 2.38 bits per heavy atom. The third kappa shape index (κ3) is 2.15. The summed E-state index contributed by atoms with van der Waals surface area (Å²) < 4.78 is 1.49. The van der Waals surface area contributed by atoms with Crippen LogP contribution in [0.3, 0.4) is 0 Å². The summed E-state index contributed by atoms with van der Waals surface area (Å²) in [5.74, 6) is -0.0599. The van der Waals surface area contributed by atoms with E-state index in [2.05, 4.69) is 10.1 Å². The van der Waals surface area contributed by atoms with Gasteiger partial charge in [-0.15, -0.1) is 11.3 Å². The number of ketones is 1. The van der Waals surface area contributed by atoms with Crippen molar-refractivity contribution in [2.75, 3.05) is 0 Å². The normalized spacial score (nSPS) is 10.7. The van der Waals surface area contributed by atoms with E-state index in [0.29, 0.717) is 10.7 Å². The summed E-state index contributed by atoms with van der Waals surface area (Å²) in [6.45, 7) is 1.91. The summed E-state index contributed by atoms with van der Waals surface area (Å²) >= 11 is 7.42. The highest BCUT2D eigenvalue weighted by molar-refractivity contribution is 7.09. The zero-order valence-electron chi connectivity index (χ0n) is 8.90. The van der Waals surface area contributed by atoms with Gasteiger partial charge in [0.15, 0.2) is 5.78 Å². The molecule has 84 valence electrons. The standard InChI is InChI=1S/C10H10ClN3OS/c1-6-13-7(5-16-6)3-9(15)10-8(11)4-12-14(10)2/h4-5H,3H2,1-2H3. The quantitative estimate of drug-likeness (QED) is 0.791. The fourth-order valence-electron chi connectivity index (χ4n) is 1.46. The van der Waals surface area contributed by atoms with E-state index in [1.165, 1.54) is 22.2 Å². The van der Waals surface area contributed by atoms with E-state index >= 15 is 0 Å². The predicted octanol–water partition coefficient (Wildman–Crippen LogP) is 2.26. The summed E-state index contributed by atoms with van der Waals surface area (Å²) in [5, 5.41) is 7.16. The number of aromatic nitrogens is 3. The minimum Gasteiger partial charge on any atom is -0.292 e. The highest BCUT2D eigenvalue weighted by atomic mass is 35.5. The van der Waals surface area contributed by atoms with Crippen LogP contribution in [0.1, 0.15) is 21.2 Å². The van der Waals surface area contributed by atoms with Crippen molar-refractivity contribution in [3.63, 3.8) is 0 Å². The van der Waals surface area contributed by atoms with Crippen LogP contribution in [-0.2, 0) is 13.5 Å². The molecule has 2 rings (SSSR count). The molecule has 0 aromatic carbocycles. The third-order valence-corrected chi connectivity index (χ3v) is 3.27. The van der Waals surface area contributed by atoms with Crippen LogP contribution >= 0.6 is 22.9 Å². The molecule has 0 aliphatic rings. The lowest BCUT2D eigenvalue weighted by Crippen LogP contribution is -2.10. The van der Waals surface area contributed by atoms with Crippen LogP contribution in [0.15, 0.2) is 11.6 Å². The lowest BCUT2D eigenvalue weighted by atomic mass is 10.2. The summed E-state index contributed by atoms with van der Waals surface area (Å²) in [4.78, 5) is 16.2. The Balaban J connectivity index is 2.21. The van der Waals surface area contributed by atoms with E-state index < -0.39 is 0 Å². The number of carbonyl (C=O) groups excluding carboxylic acids is 1. The molecule has 0 saturated heterocycles. The molecule has 0 radical (unpaired) electrons. The van der Waals surface area contributed by atoms with Crippen molar-refractivity contribution in [1.29, 1.82) is 0 Å². The van der Waals surface area contributed by atoms with Crippen molar-refractivity contribution in [2.45, 2.75) is 13.3 Å². The monoisotopic (exact) mass is 255 g/mol. The molecule has 0 N–H and O–H groups in total. The lowest BCUT2D eigenvalue weighted by molar-refractivity contribution is 0.0983. The van der Waals surface area contributed by atoms with E-state index in [4.69, 9.17) is 11.6 Å². The van der Waals surface area contributed by atoms with Crippen LogP contribution in [0, 0.1) is 6.92 Å². The summed E-state index contributed by atoms with van der Waals surface area (Å²) in [7, 11) is 1.70. The maximum absolute atomic E-state index is 11.9. The molecule has 4 nitrogen and oxygen atoms in total. The maximum Gasteiger partial charge on any atom is 0.188 e. The van der Waals surface area contributed by atoms with Gasteiger partial charge in [0, 0.05) is 12.4 Å². The van der Waals surface area contributed by atoms with Crippen LogP contribution in [-0.4, -0.2) is 20.5 Å². The second kappa shape index (κ2) is 4.35. The van der Waals surface area contributed by atoms with Crippen LogP contribution in [0.4, 0.5) is 0 Å². The zero-order valence-corrected chi connectivity index (χ0v) is 10.5. The largest absolute Gasteiger partial charge is 0.292 e. The Morgan fingerprint density at radius 3 is 2.88 bits per heavy atom. The molecule has 0 atom stereocenters. The fraction of sp³-hybridized carbons (Fsp3) is 0.300. The molecule has 2 aromatic heterocycles. The molecule has 16 heavy (non-hydrogen) atoms. The van der Waals surface area contributed by atoms with Gasteiger partial charge < -0.3 is 0 Å². The van der Waals surface area contributed by atoms with Gasteiger partial charge in [-0.25, -0.2) is 4.98 Å². The molecule has 0 aliphatic carbocycles. The third-order valence-electron chi connectivity index (χ3n) is 2.17. The molecule has 0 saturated carbocycles. The fourth-order valence-corrected chi connectivity index (χ4v) is 2.35. The van der Waals surface area contributed by atoms with E-state index in [1.54, 1.807) is 7.05 Å². The molecule has 0 amide bonds. The van der Waals surface area contributed by atoms with Crippen LogP contribution in [0.2, 0.25) is 5.02 Å². The lowest BCUT2D eigenvalue weighted by Gasteiger charge is -2.00. The molecule has 0 spiro atoms. The zero-order chi connectivity index (χ0) is 11.7. The number of Topliss-reactive ketones (excluding diaryl/α,β-unsaturated/α-hetero) is 1. The highest BCUT2D eigenvalue weighted by Gasteiger charge is 2.16. The van der Waals surface area contributed by atoms with E-state index in [-0.39, 0.29) is 12.2 Å². The molecule has 2 aromatic rings. The Bertz CT molecular complexity index is 512.